The molecule has 0 saturated carbocycles. The number of nitrogens with zero attached hydrogens (tertiary/aromatic N) is 2. The van der Waals surface area contributed by atoms with Gasteiger partial charge in [-0.3, -0.25) is 4.90 Å². The summed E-state index contributed by atoms with van der Waals surface area (Å²) in [6.07, 6.45) is 3.18. The number of hydrogen-bond acceptors (Lipinski definition) is 2. The highest BCUT2D eigenvalue weighted by atomic mass is 35.5. The molecule has 1 fully saturated rings. The molecule has 1 heterocycles. The first kappa shape index (κ1) is 18.1. The molecule has 1 atom stereocenters. The third-order valence-corrected chi connectivity index (χ3v) is 4.75. The Hall–Kier alpha value is -1.26. The van der Waals surface area contributed by atoms with Gasteiger partial charge in [-0.1, -0.05) is 30.7 Å². The molecule has 23 heavy (non-hydrogen) atoms. The van der Waals surface area contributed by atoms with Crippen molar-refractivity contribution in [1.82, 2.24) is 15.1 Å². The number of nitrogens with one attached hydrogen (secondary N) is 1. The Morgan fingerprint density at radius 2 is 1.87 bits per heavy atom. The molecule has 1 N–H and O–H groups in total. The molecule has 1 unspecified atom stereocenters. The van der Waals surface area contributed by atoms with Gasteiger partial charge in [0.15, 0.2) is 0 Å². The van der Waals surface area contributed by atoms with E-state index in [0.29, 0.717) is 0 Å². The van der Waals surface area contributed by atoms with Gasteiger partial charge < -0.3 is 10.2 Å². The van der Waals surface area contributed by atoms with Crippen LogP contribution in [0.25, 0.3) is 0 Å². The van der Waals surface area contributed by atoms with Crippen LogP contribution in [0.4, 0.5) is 4.79 Å². The molecule has 0 radical (unpaired) electrons. The molecule has 128 valence electrons. The molecule has 1 aliphatic heterocycles. The van der Waals surface area contributed by atoms with Crippen molar-refractivity contribution in [3.63, 3.8) is 0 Å². The molecule has 2 rings (SSSR count). The zero-order valence-electron chi connectivity index (χ0n) is 14.2. The predicted octanol–water partition coefficient (Wildman–Crippen LogP) is 3.40. The summed E-state index contributed by atoms with van der Waals surface area (Å²) in [5, 5.41) is 3.83. The summed E-state index contributed by atoms with van der Waals surface area (Å²) in [7, 11) is 0. The first-order valence-electron chi connectivity index (χ1n) is 8.60. The summed E-state index contributed by atoms with van der Waals surface area (Å²) >= 11 is 5.90. The van der Waals surface area contributed by atoms with Gasteiger partial charge in [0.2, 0.25) is 0 Å². The van der Waals surface area contributed by atoms with Gasteiger partial charge in [-0.15, -0.1) is 0 Å². The van der Waals surface area contributed by atoms with E-state index in [9.17, 15) is 4.79 Å². The van der Waals surface area contributed by atoms with Crippen molar-refractivity contribution in [2.75, 3.05) is 32.7 Å². The third kappa shape index (κ3) is 6.04. The molecule has 4 nitrogen and oxygen atoms in total. The number of amides is 2. The van der Waals surface area contributed by atoms with E-state index in [1.807, 2.05) is 24.0 Å². The Labute approximate surface area is 144 Å². The molecular weight excluding hydrogens is 310 g/mol. The fraction of sp³-hybridized carbons (Fsp3) is 0.611. The average molecular weight is 338 g/mol. The van der Waals surface area contributed by atoms with E-state index >= 15 is 0 Å². The van der Waals surface area contributed by atoms with E-state index < -0.39 is 0 Å². The fourth-order valence-electron chi connectivity index (χ4n) is 2.74. The van der Waals surface area contributed by atoms with Crippen molar-refractivity contribution < 1.29 is 4.79 Å². The first-order chi connectivity index (χ1) is 11.1. The van der Waals surface area contributed by atoms with E-state index in [4.69, 9.17) is 11.6 Å². The molecular formula is C18H28ClN3O. The Balaban J connectivity index is 1.64. The van der Waals surface area contributed by atoms with Crippen LogP contribution in [-0.2, 0) is 6.42 Å². The lowest BCUT2D eigenvalue weighted by molar-refractivity contribution is 0.136. The minimum absolute atomic E-state index is 0.0835. The maximum absolute atomic E-state index is 12.1. The van der Waals surface area contributed by atoms with Crippen molar-refractivity contribution in [3.05, 3.63) is 34.9 Å². The molecule has 0 spiro atoms. The van der Waals surface area contributed by atoms with Crippen molar-refractivity contribution in [3.8, 4) is 0 Å². The molecule has 1 saturated heterocycles. The lowest BCUT2D eigenvalue weighted by Crippen LogP contribution is -2.53. The van der Waals surface area contributed by atoms with Crippen LogP contribution >= 0.6 is 11.6 Å². The first-order valence-corrected chi connectivity index (χ1v) is 8.98. The van der Waals surface area contributed by atoms with E-state index in [0.717, 1.165) is 57.0 Å². The number of urea groups is 1. The van der Waals surface area contributed by atoms with Crippen LogP contribution in [0.1, 0.15) is 32.3 Å². The standard InChI is InChI=1S/C18H28ClN3O/c1-3-15(2)20-18(23)22-13-11-21(12-14-22)10-4-5-16-6-8-17(19)9-7-16/h6-9,15H,3-5,10-14H2,1-2H3,(H,20,23). The van der Waals surface area contributed by atoms with Gasteiger partial charge in [-0.25, -0.2) is 4.79 Å². The van der Waals surface area contributed by atoms with Crippen LogP contribution in [0.15, 0.2) is 24.3 Å². The second kappa shape index (κ2) is 9.14. The van der Waals surface area contributed by atoms with Crippen molar-refractivity contribution in [2.24, 2.45) is 0 Å². The largest absolute Gasteiger partial charge is 0.336 e. The van der Waals surface area contributed by atoms with Gasteiger partial charge in [-0.2, -0.15) is 0 Å². The number of piperazine rings is 1. The minimum Gasteiger partial charge on any atom is -0.336 e. The maximum Gasteiger partial charge on any atom is 0.317 e. The number of rotatable bonds is 6. The smallest absolute Gasteiger partial charge is 0.317 e. The summed E-state index contributed by atoms with van der Waals surface area (Å²) < 4.78 is 0. The Bertz CT molecular complexity index is 484. The third-order valence-electron chi connectivity index (χ3n) is 4.49. The Morgan fingerprint density at radius 3 is 2.48 bits per heavy atom. The highest BCUT2D eigenvalue weighted by Gasteiger charge is 2.21. The average Bonchev–Trinajstić information content (AvgIpc) is 2.57. The fourth-order valence-corrected chi connectivity index (χ4v) is 2.86. The summed E-state index contributed by atoms with van der Waals surface area (Å²) in [6, 6.07) is 8.43. The zero-order valence-corrected chi connectivity index (χ0v) is 15.0. The SMILES string of the molecule is CCC(C)NC(=O)N1CCN(CCCc2ccc(Cl)cc2)CC1. The van der Waals surface area contributed by atoms with Crippen molar-refractivity contribution >= 4 is 17.6 Å². The Morgan fingerprint density at radius 1 is 1.22 bits per heavy atom. The quantitative estimate of drug-likeness (QED) is 0.863. The summed E-state index contributed by atoms with van der Waals surface area (Å²) in [4.78, 5) is 16.5. The number of aryl methyl sites for hydroxylation is 1. The van der Waals surface area contributed by atoms with E-state index in [-0.39, 0.29) is 12.1 Å². The summed E-state index contributed by atoms with van der Waals surface area (Å²) in [5.74, 6) is 0. The highest BCUT2D eigenvalue weighted by Crippen LogP contribution is 2.12. The highest BCUT2D eigenvalue weighted by molar-refractivity contribution is 6.30. The second-order valence-electron chi connectivity index (χ2n) is 6.32. The van der Waals surface area contributed by atoms with Gasteiger partial charge in [0, 0.05) is 37.2 Å². The van der Waals surface area contributed by atoms with Gasteiger partial charge in [0.1, 0.15) is 0 Å². The van der Waals surface area contributed by atoms with Gasteiger partial charge in [0.25, 0.3) is 0 Å². The maximum atomic E-state index is 12.1. The monoisotopic (exact) mass is 337 g/mol. The topological polar surface area (TPSA) is 35.6 Å². The zero-order chi connectivity index (χ0) is 16.7. The van der Waals surface area contributed by atoms with Crippen LogP contribution in [0.3, 0.4) is 0 Å². The minimum atomic E-state index is 0.0835. The molecule has 1 aliphatic rings. The molecule has 5 heteroatoms. The number of hydrogen-bond donors (Lipinski definition) is 1. The van der Waals surface area contributed by atoms with Crippen LogP contribution in [0, 0.1) is 0 Å². The lowest BCUT2D eigenvalue weighted by Gasteiger charge is -2.35. The number of halogens is 1. The molecule has 2 amide bonds. The summed E-state index contributed by atoms with van der Waals surface area (Å²) in [6.45, 7) is 8.80. The van der Waals surface area contributed by atoms with Crippen LogP contribution in [0.2, 0.25) is 5.02 Å². The normalized spacial score (nSPS) is 17.1. The molecule has 0 aromatic heterocycles. The van der Waals surface area contributed by atoms with Crippen LogP contribution in [-0.4, -0.2) is 54.6 Å². The number of carbonyl (C=O) groups excluding carboxylic acids is 1. The van der Waals surface area contributed by atoms with Crippen molar-refractivity contribution in [2.45, 2.75) is 39.2 Å². The lowest BCUT2D eigenvalue weighted by atomic mass is 10.1. The van der Waals surface area contributed by atoms with Gasteiger partial charge in [-0.05, 0) is 50.4 Å². The van der Waals surface area contributed by atoms with Gasteiger partial charge in [0.05, 0.1) is 0 Å². The summed E-state index contributed by atoms with van der Waals surface area (Å²) in [5.41, 5.74) is 1.33. The van der Waals surface area contributed by atoms with E-state index in [1.54, 1.807) is 0 Å². The molecule has 0 aliphatic carbocycles. The number of benzene rings is 1. The van der Waals surface area contributed by atoms with Gasteiger partial charge >= 0.3 is 6.03 Å². The molecule has 1 aromatic carbocycles. The van der Waals surface area contributed by atoms with Crippen LogP contribution in [0.5, 0.6) is 0 Å². The number of carbonyl (C=O) groups is 1. The van der Waals surface area contributed by atoms with E-state index in [2.05, 4.69) is 29.3 Å². The van der Waals surface area contributed by atoms with Crippen LogP contribution < -0.4 is 5.32 Å². The Kier molecular flexibility index (Phi) is 7.18. The second-order valence-corrected chi connectivity index (χ2v) is 6.75. The molecule has 0 bridgehead atoms. The predicted molar refractivity (Wildman–Crippen MR) is 96.1 cm³/mol. The van der Waals surface area contributed by atoms with E-state index in [1.165, 1.54) is 5.56 Å². The van der Waals surface area contributed by atoms with Crippen molar-refractivity contribution in [1.29, 1.82) is 0 Å². The molecule has 1 aromatic rings.